The van der Waals surface area contributed by atoms with Crippen molar-refractivity contribution in [2.75, 3.05) is 16.0 Å². The van der Waals surface area contributed by atoms with E-state index in [2.05, 4.69) is 16.0 Å². The van der Waals surface area contributed by atoms with Crippen LogP contribution in [-0.2, 0) is 0 Å². The summed E-state index contributed by atoms with van der Waals surface area (Å²) in [5, 5.41) is 10.1. The summed E-state index contributed by atoms with van der Waals surface area (Å²) >= 11 is 1.34. The highest BCUT2D eigenvalue weighted by Gasteiger charge is 2.11. The van der Waals surface area contributed by atoms with E-state index in [1.54, 1.807) is 72.8 Å². The number of amides is 3. The summed E-state index contributed by atoms with van der Waals surface area (Å²) in [5.41, 5.74) is 2.06. The molecule has 0 fully saturated rings. The predicted molar refractivity (Wildman–Crippen MR) is 120 cm³/mol. The van der Waals surface area contributed by atoms with E-state index in [1.807, 2.05) is 5.38 Å². The highest BCUT2D eigenvalue weighted by molar-refractivity contribution is 7.12. The molecule has 3 amide bonds. The van der Waals surface area contributed by atoms with Crippen LogP contribution >= 0.6 is 11.3 Å². The van der Waals surface area contributed by atoms with E-state index in [0.29, 0.717) is 27.5 Å². The first-order chi connectivity index (χ1) is 15.1. The Hall–Kier alpha value is -4.17. The molecule has 0 atom stereocenters. The molecule has 3 N–H and O–H groups in total. The quantitative estimate of drug-likeness (QED) is 0.395. The van der Waals surface area contributed by atoms with E-state index >= 15 is 0 Å². The molecule has 0 saturated heterocycles. The lowest BCUT2D eigenvalue weighted by atomic mass is 10.1. The van der Waals surface area contributed by atoms with Crippen molar-refractivity contribution in [2.45, 2.75) is 0 Å². The Bertz CT molecular complexity index is 1200. The van der Waals surface area contributed by atoms with Gasteiger partial charge in [-0.25, -0.2) is 0 Å². The van der Waals surface area contributed by atoms with Gasteiger partial charge in [0.25, 0.3) is 17.7 Å². The fourth-order valence-electron chi connectivity index (χ4n) is 2.78. The zero-order chi connectivity index (χ0) is 21.6. The molecule has 7 nitrogen and oxygen atoms in total. The molecule has 4 aromatic rings. The van der Waals surface area contributed by atoms with E-state index in [-0.39, 0.29) is 23.5 Å². The van der Waals surface area contributed by atoms with Gasteiger partial charge in [-0.1, -0.05) is 12.1 Å². The number of rotatable bonds is 6. The van der Waals surface area contributed by atoms with Crippen LogP contribution < -0.4 is 16.0 Å². The number of nitrogens with one attached hydrogen (secondary N) is 3. The van der Waals surface area contributed by atoms with Gasteiger partial charge in [-0.3, -0.25) is 14.4 Å². The Balaban J connectivity index is 1.38. The second-order valence-electron chi connectivity index (χ2n) is 6.48. The molecule has 154 valence electrons. The Morgan fingerprint density at radius 1 is 0.677 bits per heavy atom. The number of carbonyl (C=O) groups is 3. The Kier molecular flexibility index (Phi) is 5.91. The van der Waals surface area contributed by atoms with Gasteiger partial charge < -0.3 is 20.4 Å². The fourth-order valence-corrected chi connectivity index (χ4v) is 3.40. The molecule has 2 aromatic heterocycles. The number of carbonyl (C=O) groups excluding carboxylic acids is 3. The van der Waals surface area contributed by atoms with Crippen molar-refractivity contribution in [3.05, 3.63) is 101 Å². The predicted octanol–water partition coefficient (Wildman–Crippen LogP) is 5.10. The summed E-state index contributed by atoms with van der Waals surface area (Å²) in [6.45, 7) is 0. The monoisotopic (exact) mass is 431 g/mol. The van der Waals surface area contributed by atoms with E-state index < -0.39 is 0 Å². The van der Waals surface area contributed by atoms with Crippen molar-refractivity contribution in [3.63, 3.8) is 0 Å². The third-order valence-corrected chi connectivity index (χ3v) is 5.14. The molecule has 0 unspecified atom stereocenters. The van der Waals surface area contributed by atoms with Gasteiger partial charge in [-0.05, 0) is 66.0 Å². The third-order valence-electron chi connectivity index (χ3n) is 4.27. The molecule has 4 rings (SSSR count). The number of benzene rings is 2. The van der Waals surface area contributed by atoms with Crippen LogP contribution in [0.4, 0.5) is 17.1 Å². The van der Waals surface area contributed by atoms with Crippen molar-refractivity contribution >= 4 is 46.1 Å². The van der Waals surface area contributed by atoms with Crippen LogP contribution in [-0.4, -0.2) is 17.7 Å². The Morgan fingerprint density at radius 3 is 2.03 bits per heavy atom. The van der Waals surface area contributed by atoms with Crippen LogP contribution in [0.25, 0.3) is 0 Å². The first-order valence-corrected chi connectivity index (χ1v) is 10.2. The molecular formula is C23H17N3O4S. The van der Waals surface area contributed by atoms with Gasteiger partial charge in [0.05, 0.1) is 11.1 Å². The van der Waals surface area contributed by atoms with E-state index in [4.69, 9.17) is 4.42 Å². The third kappa shape index (κ3) is 5.06. The second-order valence-corrected chi connectivity index (χ2v) is 7.42. The first-order valence-electron chi connectivity index (χ1n) is 9.30. The number of hydrogen-bond donors (Lipinski definition) is 3. The average Bonchev–Trinajstić information content (AvgIpc) is 3.50. The van der Waals surface area contributed by atoms with Crippen LogP contribution in [0, 0.1) is 0 Å². The van der Waals surface area contributed by atoms with Crippen molar-refractivity contribution in [1.29, 1.82) is 0 Å². The fraction of sp³-hybridized carbons (Fsp3) is 0. The lowest BCUT2D eigenvalue weighted by Crippen LogP contribution is -2.14. The van der Waals surface area contributed by atoms with Gasteiger partial charge in [-0.15, -0.1) is 11.3 Å². The van der Waals surface area contributed by atoms with Gasteiger partial charge in [-0.2, -0.15) is 0 Å². The van der Waals surface area contributed by atoms with Crippen LogP contribution in [0.5, 0.6) is 0 Å². The van der Waals surface area contributed by atoms with Crippen LogP contribution in [0.1, 0.15) is 30.6 Å². The van der Waals surface area contributed by atoms with Gasteiger partial charge in [0, 0.05) is 22.6 Å². The van der Waals surface area contributed by atoms with Gasteiger partial charge in [0.2, 0.25) is 0 Å². The Labute approximate surface area is 181 Å². The maximum atomic E-state index is 12.6. The van der Waals surface area contributed by atoms with Crippen molar-refractivity contribution in [1.82, 2.24) is 0 Å². The normalized spacial score (nSPS) is 10.3. The summed E-state index contributed by atoms with van der Waals surface area (Å²) in [4.78, 5) is 37.4. The molecule has 0 aliphatic rings. The topological polar surface area (TPSA) is 100 Å². The minimum Gasteiger partial charge on any atom is -0.459 e. The van der Waals surface area contributed by atoms with Gasteiger partial charge in [0.1, 0.15) is 0 Å². The molecule has 0 spiro atoms. The molecule has 0 saturated carbocycles. The van der Waals surface area contributed by atoms with Crippen molar-refractivity contribution in [2.24, 2.45) is 0 Å². The summed E-state index contributed by atoms with van der Waals surface area (Å²) in [5.74, 6) is -0.689. The number of furan rings is 1. The van der Waals surface area contributed by atoms with Crippen molar-refractivity contribution < 1.29 is 18.8 Å². The second kappa shape index (κ2) is 9.10. The smallest absolute Gasteiger partial charge is 0.291 e. The lowest BCUT2D eigenvalue weighted by molar-refractivity contribution is 0.0993. The molecule has 2 aromatic carbocycles. The maximum Gasteiger partial charge on any atom is 0.291 e. The number of thiophene rings is 1. The van der Waals surface area contributed by atoms with Crippen LogP contribution in [0.15, 0.2) is 88.9 Å². The molecule has 0 radical (unpaired) electrons. The van der Waals surface area contributed by atoms with Crippen LogP contribution in [0.3, 0.4) is 0 Å². The van der Waals surface area contributed by atoms with Gasteiger partial charge >= 0.3 is 0 Å². The molecule has 8 heteroatoms. The molecule has 2 heterocycles. The largest absolute Gasteiger partial charge is 0.459 e. The molecule has 0 bridgehead atoms. The maximum absolute atomic E-state index is 12.6. The first kappa shape index (κ1) is 20.1. The van der Waals surface area contributed by atoms with Crippen molar-refractivity contribution in [3.8, 4) is 0 Å². The minimum absolute atomic E-state index is 0.212. The minimum atomic E-state index is -0.358. The zero-order valence-electron chi connectivity index (χ0n) is 16.1. The van der Waals surface area contributed by atoms with Gasteiger partial charge in [0.15, 0.2) is 5.76 Å². The Morgan fingerprint density at radius 2 is 1.39 bits per heavy atom. The summed E-state index contributed by atoms with van der Waals surface area (Å²) in [6, 6.07) is 20.1. The van der Waals surface area contributed by atoms with E-state index in [9.17, 15) is 14.4 Å². The van der Waals surface area contributed by atoms with E-state index in [1.165, 1.54) is 17.6 Å². The summed E-state index contributed by atoms with van der Waals surface area (Å²) < 4.78 is 5.05. The average molecular weight is 431 g/mol. The number of hydrogen-bond acceptors (Lipinski definition) is 5. The molecule has 0 aliphatic carbocycles. The summed E-state index contributed by atoms with van der Waals surface area (Å²) in [6.07, 6.45) is 1.43. The standard InChI is InChI=1S/C23H17N3O4S/c27-21(15-4-1-5-18(14-15)26-23(29)20-7-3-13-31-20)24-16-8-10-17(11-9-16)25-22(28)19-6-2-12-30-19/h1-14H,(H,24,27)(H,25,28)(H,26,29). The van der Waals surface area contributed by atoms with Crippen LogP contribution in [0.2, 0.25) is 0 Å². The molecule has 31 heavy (non-hydrogen) atoms. The highest BCUT2D eigenvalue weighted by Crippen LogP contribution is 2.18. The zero-order valence-corrected chi connectivity index (χ0v) is 16.9. The molecular weight excluding hydrogens is 414 g/mol. The molecule has 0 aliphatic heterocycles. The lowest BCUT2D eigenvalue weighted by Gasteiger charge is -2.09. The highest BCUT2D eigenvalue weighted by atomic mass is 32.1. The SMILES string of the molecule is O=C(Nc1ccc(NC(=O)c2ccco2)cc1)c1cccc(NC(=O)c2cccs2)c1. The number of anilines is 3. The van der Waals surface area contributed by atoms with E-state index in [0.717, 1.165) is 0 Å². The summed E-state index contributed by atoms with van der Waals surface area (Å²) in [7, 11) is 0.